The molecule has 0 aliphatic rings. The van der Waals surface area contributed by atoms with E-state index in [0.29, 0.717) is 17.0 Å². The fourth-order valence-corrected chi connectivity index (χ4v) is 1.22. The number of hydrogen-bond donors (Lipinski definition) is 4. The highest BCUT2D eigenvalue weighted by Gasteiger charge is 2.18. The highest BCUT2D eigenvalue weighted by Crippen LogP contribution is 2.15. The molecule has 0 aliphatic heterocycles. The van der Waals surface area contributed by atoms with Gasteiger partial charge in [0.05, 0.1) is 12.9 Å². The van der Waals surface area contributed by atoms with Crippen molar-refractivity contribution in [2.75, 3.05) is 11.9 Å². The van der Waals surface area contributed by atoms with Crippen LogP contribution >= 0.6 is 0 Å². The Balaban J connectivity index is 2.33. The van der Waals surface area contributed by atoms with E-state index in [0.717, 1.165) is 0 Å². The molecule has 2 heterocycles. The van der Waals surface area contributed by atoms with Gasteiger partial charge in [-0.2, -0.15) is 0 Å². The third-order valence-corrected chi connectivity index (χ3v) is 2.01. The van der Waals surface area contributed by atoms with E-state index in [1.54, 1.807) is 0 Å². The molecule has 0 radical (unpaired) electrons. The number of H-pyrrole nitrogens is 1. The van der Waals surface area contributed by atoms with Crippen molar-refractivity contribution in [3.63, 3.8) is 0 Å². The van der Waals surface area contributed by atoms with Crippen molar-refractivity contribution in [3.8, 4) is 0 Å². The van der Waals surface area contributed by atoms with Gasteiger partial charge in [-0.1, -0.05) is 0 Å². The van der Waals surface area contributed by atoms with E-state index in [4.69, 9.17) is 10.2 Å². The Hall–Kier alpha value is -2.22. The number of carboxylic acid groups (broad SMARTS) is 1. The van der Waals surface area contributed by atoms with E-state index in [9.17, 15) is 4.79 Å². The molecule has 0 saturated carbocycles. The van der Waals surface area contributed by atoms with Gasteiger partial charge in [0.2, 0.25) is 0 Å². The zero-order valence-corrected chi connectivity index (χ0v) is 8.08. The highest BCUT2D eigenvalue weighted by atomic mass is 16.4. The second-order valence-electron chi connectivity index (χ2n) is 3.04. The molecule has 1 atom stereocenters. The molecule has 2 aromatic rings. The first-order chi connectivity index (χ1) is 7.72. The number of nitrogens with one attached hydrogen (secondary N) is 2. The molecule has 8 nitrogen and oxygen atoms in total. The number of aromatic nitrogens is 4. The Labute approximate surface area is 89.4 Å². The second kappa shape index (κ2) is 4.11. The first kappa shape index (κ1) is 10.3. The van der Waals surface area contributed by atoms with E-state index in [-0.39, 0.29) is 0 Å². The molecule has 0 amide bonds. The number of hydrogen-bond acceptors (Lipinski definition) is 6. The predicted octanol–water partition coefficient (Wildman–Crippen LogP) is -0.790. The van der Waals surface area contributed by atoms with E-state index < -0.39 is 18.6 Å². The number of aliphatic hydroxyl groups excluding tert-OH is 1. The topological polar surface area (TPSA) is 124 Å². The van der Waals surface area contributed by atoms with Gasteiger partial charge in [-0.3, -0.25) is 0 Å². The van der Waals surface area contributed by atoms with Gasteiger partial charge in [0, 0.05) is 0 Å². The van der Waals surface area contributed by atoms with Crippen molar-refractivity contribution in [1.29, 1.82) is 0 Å². The molecule has 0 bridgehead atoms. The maximum absolute atomic E-state index is 10.7. The van der Waals surface area contributed by atoms with Crippen LogP contribution in [0, 0.1) is 0 Å². The summed E-state index contributed by atoms with van der Waals surface area (Å²) in [6.07, 6.45) is 2.70. The number of aliphatic hydroxyl groups is 1. The Morgan fingerprint density at radius 1 is 1.50 bits per heavy atom. The number of carboxylic acids is 1. The van der Waals surface area contributed by atoms with Crippen LogP contribution in [0.25, 0.3) is 11.2 Å². The predicted molar refractivity (Wildman–Crippen MR) is 53.8 cm³/mol. The van der Waals surface area contributed by atoms with Gasteiger partial charge in [0.1, 0.15) is 17.9 Å². The minimum atomic E-state index is -1.16. The summed E-state index contributed by atoms with van der Waals surface area (Å²) >= 11 is 0. The van der Waals surface area contributed by atoms with Gasteiger partial charge in [-0.15, -0.1) is 0 Å². The molecule has 0 spiro atoms. The third kappa shape index (κ3) is 1.77. The number of rotatable bonds is 4. The number of aromatic amines is 1. The van der Waals surface area contributed by atoms with Gasteiger partial charge < -0.3 is 20.5 Å². The normalized spacial score (nSPS) is 12.6. The molecular weight excluding hydrogens is 214 g/mol. The summed E-state index contributed by atoms with van der Waals surface area (Å²) in [6, 6.07) is -1.11. The Morgan fingerprint density at radius 3 is 3.00 bits per heavy atom. The van der Waals surface area contributed by atoms with Crippen LogP contribution in [0.3, 0.4) is 0 Å². The monoisotopic (exact) mass is 223 g/mol. The van der Waals surface area contributed by atoms with Crippen molar-refractivity contribution in [2.45, 2.75) is 6.04 Å². The lowest BCUT2D eigenvalue weighted by Crippen LogP contribution is -2.33. The number of carbonyl (C=O) groups is 1. The Morgan fingerprint density at radius 2 is 2.31 bits per heavy atom. The van der Waals surface area contributed by atoms with Crippen molar-refractivity contribution in [3.05, 3.63) is 12.7 Å². The van der Waals surface area contributed by atoms with Crippen molar-refractivity contribution in [2.24, 2.45) is 0 Å². The zero-order valence-electron chi connectivity index (χ0n) is 8.08. The quantitative estimate of drug-likeness (QED) is 0.535. The maximum Gasteiger partial charge on any atom is 0.328 e. The van der Waals surface area contributed by atoms with E-state index in [2.05, 4.69) is 25.3 Å². The van der Waals surface area contributed by atoms with Gasteiger partial charge >= 0.3 is 5.97 Å². The van der Waals surface area contributed by atoms with Crippen molar-refractivity contribution < 1.29 is 15.0 Å². The number of anilines is 1. The van der Waals surface area contributed by atoms with Gasteiger partial charge in [-0.05, 0) is 0 Å². The SMILES string of the molecule is O=C(O)C(CO)Nc1ncnc2nc[nH]c12. The fourth-order valence-electron chi connectivity index (χ4n) is 1.22. The third-order valence-electron chi connectivity index (χ3n) is 2.01. The molecule has 0 fully saturated rings. The lowest BCUT2D eigenvalue weighted by atomic mass is 10.3. The average molecular weight is 223 g/mol. The summed E-state index contributed by atoms with van der Waals surface area (Å²) < 4.78 is 0. The summed E-state index contributed by atoms with van der Waals surface area (Å²) in [7, 11) is 0. The smallest absolute Gasteiger partial charge is 0.328 e. The van der Waals surface area contributed by atoms with Crippen molar-refractivity contribution >= 4 is 23.0 Å². The molecule has 0 saturated heterocycles. The summed E-state index contributed by atoms with van der Waals surface area (Å²) in [5.41, 5.74) is 0.932. The van der Waals surface area contributed by atoms with Gasteiger partial charge in [0.25, 0.3) is 0 Å². The van der Waals surface area contributed by atoms with E-state index in [1.165, 1.54) is 12.7 Å². The fraction of sp³-hybridized carbons (Fsp3) is 0.250. The first-order valence-corrected chi connectivity index (χ1v) is 4.46. The molecule has 1 unspecified atom stereocenters. The van der Waals surface area contributed by atoms with Crippen LogP contribution in [0.4, 0.5) is 5.82 Å². The van der Waals surface area contributed by atoms with Crippen LogP contribution in [-0.4, -0.2) is 48.8 Å². The van der Waals surface area contributed by atoms with Crippen LogP contribution < -0.4 is 5.32 Å². The number of aliphatic carboxylic acids is 1. The second-order valence-corrected chi connectivity index (χ2v) is 3.04. The highest BCUT2D eigenvalue weighted by molar-refractivity contribution is 5.85. The van der Waals surface area contributed by atoms with Crippen LogP contribution in [0.2, 0.25) is 0 Å². The molecule has 2 aromatic heterocycles. The first-order valence-electron chi connectivity index (χ1n) is 4.46. The lowest BCUT2D eigenvalue weighted by molar-refractivity contribution is -0.138. The molecule has 8 heteroatoms. The lowest BCUT2D eigenvalue weighted by Gasteiger charge is -2.11. The zero-order chi connectivity index (χ0) is 11.5. The summed E-state index contributed by atoms with van der Waals surface area (Å²) in [5.74, 6) is -0.863. The molecule has 84 valence electrons. The molecule has 0 aromatic carbocycles. The standard InChI is InChI=1S/C8H9N5O3/c14-1-4(8(15)16)13-7-5-6(10-2-9-5)11-3-12-7/h2-4,14H,1H2,(H,15,16)(H2,9,10,11,12,13). The molecular formula is C8H9N5O3. The Bertz CT molecular complexity index is 511. The molecule has 4 N–H and O–H groups in total. The van der Waals surface area contributed by atoms with E-state index >= 15 is 0 Å². The maximum atomic E-state index is 10.7. The van der Waals surface area contributed by atoms with Crippen LogP contribution in [0.5, 0.6) is 0 Å². The number of nitrogens with zero attached hydrogens (tertiary/aromatic N) is 3. The molecule has 0 aliphatic carbocycles. The minimum absolute atomic E-state index is 0.295. The summed E-state index contributed by atoms with van der Waals surface area (Å²) in [5, 5.41) is 20.2. The van der Waals surface area contributed by atoms with Crippen LogP contribution in [-0.2, 0) is 4.79 Å². The van der Waals surface area contributed by atoms with Crippen LogP contribution in [0.1, 0.15) is 0 Å². The Kier molecular flexibility index (Phi) is 2.64. The number of fused-ring (bicyclic) bond motifs is 1. The minimum Gasteiger partial charge on any atom is -0.480 e. The molecule has 2 rings (SSSR count). The van der Waals surface area contributed by atoms with Crippen LogP contribution in [0.15, 0.2) is 12.7 Å². The average Bonchev–Trinajstić information content (AvgIpc) is 2.73. The summed E-state index contributed by atoms with van der Waals surface area (Å²) in [4.78, 5) is 25.2. The van der Waals surface area contributed by atoms with Gasteiger partial charge in [-0.25, -0.2) is 19.7 Å². The largest absolute Gasteiger partial charge is 0.480 e. The summed E-state index contributed by atoms with van der Waals surface area (Å²) in [6.45, 7) is -0.533. The van der Waals surface area contributed by atoms with Crippen molar-refractivity contribution in [1.82, 2.24) is 19.9 Å². The van der Waals surface area contributed by atoms with E-state index in [1.807, 2.05) is 0 Å². The van der Waals surface area contributed by atoms with Gasteiger partial charge in [0.15, 0.2) is 11.5 Å². The number of imidazole rings is 1. The molecule has 16 heavy (non-hydrogen) atoms.